The molecule has 0 spiro atoms. The van der Waals surface area contributed by atoms with Gasteiger partial charge in [0.15, 0.2) is 5.43 Å². The van der Waals surface area contributed by atoms with E-state index in [-0.39, 0.29) is 23.0 Å². The lowest BCUT2D eigenvalue weighted by Gasteiger charge is -2.40. The molecule has 43 heavy (non-hydrogen) atoms. The number of nitrogens with zero attached hydrogens (tertiary/aromatic N) is 2. The zero-order chi connectivity index (χ0) is 31.1. The Morgan fingerprint density at radius 3 is 2.28 bits per heavy atom. The molecule has 0 unspecified atom stereocenters. The number of anilines is 1. The van der Waals surface area contributed by atoms with E-state index >= 15 is 0 Å². The van der Waals surface area contributed by atoms with Crippen molar-refractivity contribution in [2.24, 2.45) is 0 Å². The van der Waals surface area contributed by atoms with Crippen LogP contribution in [-0.4, -0.2) is 68.8 Å². The number of carbonyl (C=O) groups is 1. The van der Waals surface area contributed by atoms with Crippen molar-refractivity contribution in [2.45, 2.75) is 65.1 Å². The molecule has 0 bridgehead atoms. The van der Waals surface area contributed by atoms with Gasteiger partial charge in [-0.2, -0.15) is 0 Å². The van der Waals surface area contributed by atoms with Crippen molar-refractivity contribution in [1.29, 1.82) is 0 Å². The van der Waals surface area contributed by atoms with Crippen LogP contribution in [0.15, 0.2) is 47.3 Å². The van der Waals surface area contributed by atoms with Gasteiger partial charge >= 0.3 is 0 Å². The molecule has 1 fully saturated rings. The summed E-state index contributed by atoms with van der Waals surface area (Å²) in [6.45, 7) is 7.84. The van der Waals surface area contributed by atoms with E-state index < -0.39 is 0 Å². The number of benzene rings is 2. The summed E-state index contributed by atoms with van der Waals surface area (Å²) in [4.78, 5) is 34.1. The Morgan fingerprint density at radius 1 is 1.00 bits per heavy atom. The van der Waals surface area contributed by atoms with E-state index in [1.54, 1.807) is 14.0 Å². The number of H-pyrrole nitrogens is 1. The van der Waals surface area contributed by atoms with Crippen molar-refractivity contribution in [1.82, 2.24) is 15.2 Å². The predicted molar refractivity (Wildman–Crippen MR) is 175 cm³/mol. The summed E-state index contributed by atoms with van der Waals surface area (Å²) in [6, 6.07) is 14.5. The van der Waals surface area contributed by atoms with Gasteiger partial charge in [0.05, 0.1) is 12.2 Å². The van der Waals surface area contributed by atoms with Crippen LogP contribution in [0.5, 0.6) is 5.75 Å². The average Bonchev–Trinajstić information content (AvgIpc) is 2.98. The maximum Gasteiger partial charge on any atom is 0.251 e. The van der Waals surface area contributed by atoms with Crippen LogP contribution in [0, 0.1) is 13.8 Å². The van der Waals surface area contributed by atoms with Gasteiger partial charge in [0, 0.05) is 55.3 Å². The molecule has 2 aromatic carbocycles. The first-order valence-electron chi connectivity index (χ1n) is 15.1. The third kappa shape index (κ3) is 7.99. The van der Waals surface area contributed by atoms with Gasteiger partial charge in [0.1, 0.15) is 17.5 Å². The Balaban J connectivity index is 1.68. The van der Waals surface area contributed by atoms with Crippen LogP contribution in [0.3, 0.4) is 0 Å². The van der Waals surface area contributed by atoms with Crippen LogP contribution in [0.2, 0.25) is 5.15 Å². The van der Waals surface area contributed by atoms with Crippen molar-refractivity contribution in [3.63, 3.8) is 0 Å². The first kappa shape index (κ1) is 32.6. The second kappa shape index (κ2) is 14.9. The number of carbonyl (C=O) groups excluding carboxylic acids is 1. The molecule has 4 rings (SSSR count). The summed E-state index contributed by atoms with van der Waals surface area (Å²) >= 11 is 6.32. The summed E-state index contributed by atoms with van der Waals surface area (Å²) < 4.78 is 10.9. The van der Waals surface area contributed by atoms with Crippen molar-refractivity contribution >= 4 is 23.2 Å². The lowest BCUT2D eigenvalue weighted by Crippen LogP contribution is -2.42. The minimum absolute atomic E-state index is 0.0336. The van der Waals surface area contributed by atoms with E-state index in [0.717, 1.165) is 60.4 Å². The van der Waals surface area contributed by atoms with E-state index in [2.05, 4.69) is 47.2 Å². The lowest BCUT2D eigenvalue weighted by molar-refractivity contribution is 0.0950. The summed E-state index contributed by atoms with van der Waals surface area (Å²) in [5.41, 5.74) is 5.30. The Morgan fingerprint density at radius 2 is 1.67 bits per heavy atom. The third-order valence-electron chi connectivity index (χ3n) is 8.50. The molecule has 3 aromatic rings. The van der Waals surface area contributed by atoms with Crippen LogP contribution in [0.25, 0.3) is 11.1 Å². The van der Waals surface area contributed by atoms with E-state index in [9.17, 15) is 9.59 Å². The van der Waals surface area contributed by atoms with E-state index in [0.29, 0.717) is 42.1 Å². The zero-order valence-corrected chi connectivity index (χ0v) is 27.0. The molecule has 1 saturated carbocycles. The first-order valence-corrected chi connectivity index (χ1v) is 15.5. The Labute approximate surface area is 260 Å². The van der Waals surface area contributed by atoms with Crippen molar-refractivity contribution in [3.05, 3.63) is 80.2 Å². The fourth-order valence-corrected chi connectivity index (χ4v) is 6.31. The number of aromatic nitrogens is 1. The van der Waals surface area contributed by atoms with Crippen molar-refractivity contribution < 1.29 is 14.3 Å². The Bertz CT molecular complexity index is 1450. The van der Waals surface area contributed by atoms with Gasteiger partial charge in [-0.15, -0.1) is 0 Å². The number of ether oxygens (including phenoxy) is 2. The van der Waals surface area contributed by atoms with Gasteiger partial charge in [0.25, 0.3) is 5.91 Å². The van der Waals surface area contributed by atoms with E-state index in [4.69, 9.17) is 21.1 Å². The molecule has 0 aliphatic heterocycles. The quantitative estimate of drug-likeness (QED) is 0.195. The van der Waals surface area contributed by atoms with Crippen molar-refractivity contribution in [3.8, 4) is 16.9 Å². The molecule has 2 N–H and O–H groups in total. The molecule has 232 valence electrons. The van der Waals surface area contributed by atoms with E-state index in [1.165, 1.54) is 6.07 Å². The fraction of sp³-hybridized carbons (Fsp3) is 0.471. The minimum atomic E-state index is -0.247. The number of rotatable bonds is 12. The number of hydrogen-bond donors (Lipinski definition) is 2. The number of aromatic amines is 1. The Hall–Kier alpha value is -3.33. The van der Waals surface area contributed by atoms with Crippen molar-refractivity contribution in [2.75, 3.05) is 45.9 Å². The molecule has 0 atom stereocenters. The Kier molecular flexibility index (Phi) is 11.3. The fourth-order valence-electron chi connectivity index (χ4n) is 6.00. The molecule has 0 radical (unpaired) electrons. The number of halogens is 1. The molecule has 1 heterocycles. The molecule has 1 aliphatic carbocycles. The molecular formula is C34H45ClN4O4. The minimum Gasteiger partial charge on any atom is -0.491 e. The maximum atomic E-state index is 13.7. The highest BCUT2D eigenvalue weighted by Gasteiger charge is 2.28. The van der Waals surface area contributed by atoms with Gasteiger partial charge in [-0.3, -0.25) is 9.59 Å². The molecular weight excluding hydrogens is 564 g/mol. The number of aryl methyl sites for hydroxylation is 1. The topological polar surface area (TPSA) is 86.9 Å². The highest BCUT2D eigenvalue weighted by molar-refractivity contribution is 6.30. The number of pyridine rings is 1. The monoisotopic (exact) mass is 608 g/mol. The summed E-state index contributed by atoms with van der Waals surface area (Å²) in [7, 11) is 5.97. The highest BCUT2D eigenvalue weighted by atomic mass is 35.5. The molecule has 1 amide bonds. The SMILES string of the molecule is CCN(c1cc(-c2ccc(OCCOC)cc2)cc(C(=O)NCc2c(Cl)[nH]c(C)cc2=O)c1C)[C@H]1CC[C@H](N(C)C)CC1. The number of methoxy groups -OCH3 is 1. The van der Waals surface area contributed by atoms with Crippen LogP contribution in [-0.2, 0) is 11.3 Å². The first-order chi connectivity index (χ1) is 20.6. The molecule has 8 nitrogen and oxygen atoms in total. The number of amides is 1. The lowest BCUT2D eigenvalue weighted by atomic mass is 9.88. The summed E-state index contributed by atoms with van der Waals surface area (Å²) in [5.74, 6) is 0.516. The van der Waals surface area contributed by atoms with Gasteiger partial charge in [-0.25, -0.2) is 0 Å². The smallest absolute Gasteiger partial charge is 0.251 e. The molecule has 1 aromatic heterocycles. The van der Waals surface area contributed by atoms with E-state index in [1.807, 2.05) is 37.3 Å². The third-order valence-corrected chi connectivity index (χ3v) is 8.82. The predicted octanol–water partition coefficient (Wildman–Crippen LogP) is 5.97. The number of hydrogen-bond acceptors (Lipinski definition) is 6. The second-order valence-corrected chi connectivity index (χ2v) is 11.9. The maximum absolute atomic E-state index is 13.7. The molecule has 0 saturated heterocycles. The standard InChI is InChI=1S/C34H45ClN4O4/c1-7-39(27-12-10-26(11-13-27)38(4)5)31-20-25(24-8-14-28(15-9-24)43-17-16-42-6)19-29(23(31)3)34(41)36-21-30-32(40)18-22(2)37-33(30)35/h8-9,14-15,18-20,26-27H,7,10-13,16-17,21H2,1-6H3,(H,36,41)(H,37,40)/t26-,27-. The van der Waals surface area contributed by atoms with Crippen LogP contribution >= 0.6 is 11.6 Å². The van der Waals surface area contributed by atoms with Gasteiger partial charge < -0.3 is 29.6 Å². The summed E-state index contributed by atoms with van der Waals surface area (Å²) in [6.07, 6.45) is 4.50. The molecule has 9 heteroatoms. The van der Waals surface area contributed by atoms with Crippen LogP contribution in [0.4, 0.5) is 5.69 Å². The van der Waals surface area contributed by atoms with Gasteiger partial charge in [-0.05, 0) is 102 Å². The molecule has 1 aliphatic rings. The van der Waals surface area contributed by atoms with Gasteiger partial charge in [-0.1, -0.05) is 23.7 Å². The second-order valence-electron chi connectivity index (χ2n) is 11.5. The summed E-state index contributed by atoms with van der Waals surface area (Å²) in [5, 5.41) is 3.20. The zero-order valence-electron chi connectivity index (χ0n) is 26.3. The highest BCUT2D eigenvalue weighted by Crippen LogP contribution is 2.36. The van der Waals surface area contributed by atoms with Crippen LogP contribution < -0.4 is 20.4 Å². The van der Waals surface area contributed by atoms with Crippen LogP contribution in [0.1, 0.15) is 59.8 Å². The number of nitrogens with one attached hydrogen (secondary N) is 2. The van der Waals surface area contributed by atoms with Gasteiger partial charge in [0.2, 0.25) is 0 Å². The largest absolute Gasteiger partial charge is 0.491 e. The normalized spacial score (nSPS) is 16.7. The average molecular weight is 609 g/mol.